The maximum absolute atomic E-state index is 12.2. The lowest BCUT2D eigenvalue weighted by Gasteiger charge is -2.38. The van der Waals surface area contributed by atoms with E-state index in [1.54, 1.807) is 0 Å². The van der Waals surface area contributed by atoms with E-state index in [0.717, 1.165) is 37.5 Å². The number of rotatable bonds is 5. The minimum atomic E-state index is 0.0972. The highest BCUT2D eigenvalue weighted by Crippen LogP contribution is 2.42. The van der Waals surface area contributed by atoms with Gasteiger partial charge in [-0.3, -0.25) is 4.79 Å². The molecular weight excluding hydrogens is 258 g/mol. The van der Waals surface area contributed by atoms with Crippen LogP contribution in [0.1, 0.15) is 64.7 Å². The Labute approximate surface area is 122 Å². The summed E-state index contributed by atoms with van der Waals surface area (Å²) in [5, 5.41) is 3.16. The fourth-order valence-corrected chi connectivity index (χ4v) is 4.18. The molecule has 0 saturated heterocycles. The number of hydrogen-bond acceptors (Lipinski definition) is 1. The smallest absolute Gasteiger partial charge is 0.223 e. The van der Waals surface area contributed by atoms with Crippen LogP contribution in [0.15, 0.2) is 0 Å². The van der Waals surface area contributed by atoms with E-state index >= 15 is 0 Å². The van der Waals surface area contributed by atoms with Crippen molar-refractivity contribution in [1.29, 1.82) is 0 Å². The molecule has 0 aromatic heterocycles. The molecule has 0 radical (unpaired) electrons. The summed E-state index contributed by atoms with van der Waals surface area (Å²) < 4.78 is 0. The molecule has 0 aromatic carbocycles. The van der Waals surface area contributed by atoms with Gasteiger partial charge in [0.2, 0.25) is 5.91 Å². The lowest BCUT2D eigenvalue weighted by Crippen LogP contribution is -2.39. The third-order valence-corrected chi connectivity index (χ3v) is 5.38. The Morgan fingerprint density at radius 3 is 2.68 bits per heavy atom. The quantitative estimate of drug-likeness (QED) is 0.757. The molecule has 4 unspecified atom stereocenters. The molecule has 2 aliphatic rings. The van der Waals surface area contributed by atoms with E-state index in [9.17, 15) is 4.79 Å². The van der Waals surface area contributed by atoms with Crippen molar-refractivity contribution >= 4 is 17.5 Å². The van der Waals surface area contributed by atoms with Gasteiger partial charge in [-0.05, 0) is 37.5 Å². The van der Waals surface area contributed by atoms with Gasteiger partial charge >= 0.3 is 0 Å². The van der Waals surface area contributed by atoms with E-state index < -0.39 is 0 Å². The van der Waals surface area contributed by atoms with Crippen molar-refractivity contribution in [3.05, 3.63) is 0 Å². The summed E-state index contributed by atoms with van der Waals surface area (Å²) in [4.78, 5) is 12.2. The van der Waals surface area contributed by atoms with Gasteiger partial charge < -0.3 is 5.32 Å². The van der Waals surface area contributed by atoms with E-state index in [1.165, 1.54) is 32.1 Å². The summed E-state index contributed by atoms with van der Waals surface area (Å²) in [5.74, 6) is 2.25. The molecule has 2 fully saturated rings. The Hall–Kier alpha value is -0.240. The zero-order valence-corrected chi connectivity index (χ0v) is 12.9. The zero-order valence-electron chi connectivity index (χ0n) is 12.2. The van der Waals surface area contributed by atoms with Crippen molar-refractivity contribution in [3.63, 3.8) is 0 Å². The second-order valence-corrected chi connectivity index (χ2v) is 7.06. The van der Waals surface area contributed by atoms with Gasteiger partial charge in [0, 0.05) is 12.5 Å². The number of hydrogen-bond donors (Lipinski definition) is 1. The van der Waals surface area contributed by atoms with Crippen molar-refractivity contribution < 1.29 is 4.79 Å². The molecule has 1 amide bonds. The Morgan fingerprint density at radius 1 is 1.21 bits per heavy atom. The molecule has 19 heavy (non-hydrogen) atoms. The molecule has 0 bridgehead atoms. The highest BCUT2D eigenvalue weighted by atomic mass is 35.5. The lowest BCUT2D eigenvalue weighted by atomic mass is 9.67. The number of amides is 1. The monoisotopic (exact) mass is 285 g/mol. The van der Waals surface area contributed by atoms with Crippen LogP contribution in [0.2, 0.25) is 0 Å². The van der Waals surface area contributed by atoms with Crippen molar-refractivity contribution in [2.45, 2.75) is 70.1 Å². The van der Waals surface area contributed by atoms with Crippen LogP contribution < -0.4 is 5.32 Å². The number of alkyl halides is 1. The predicted octanol–water partition coefficient (Wildman–Crippen LogP) is 4.12. The molecule has 110 valence electrons. The van der Waals surface area contributed by atoms with Gasteiger partial charge in [0.1, 0.15) is 0 Å². The van der Waals surface area contributed by atoms with E-state index in [0.29, 0.717) is 6.54 Å². The number of fused-ring (bicyclic) bond motifs is 1. The zero-order chi connectivity index (χ0) is 13.7. The maximum Gasteiger partial charge on any atom is 0.223 e. The van der Waals surface area contributed by atoms with Crippen LogP contribution in [0.3, 0.4) is 0 Å². The van der Waals surface area contributed by atoms with Crippen molar-refractivity contribution in [1.82, 2.24) is 5.32 Å². The van der Waals surface area contributed by atoms with Crippen LogP contribution >= 0.6 is 11.6 Å². The molecule has 2 rings (SSSR count). The van der Waals surface area contributed by atoms with Crippen LogP contribution in [0.5, 0.6) is 0 Å². The molecule has 0 heterocycles. The Morgan fingerprint density at radius 2 is 1.95 bits per heavy atom. The second kappa shape index (κ2) is 7.52. The van der Waals surface area contributed by atoms with Crippen LogP contribution in [-0.4, -0.2) is 17.8 Å². The molecule has 0 spiro atoms. The second-order valence-electron chi connectivity index (χ2n) is 6.45. The first kappa shape index (κ1) is 15.2. The molecule has 3 heteroatoms. The van der Waals surface area contributed by atoms with Gasteiger partial charge in [-0.15, -0.1) is 11.6 Å². The van der Waals surface area contributed by atoms with E-state index in [4.69, 9.17) is 11.6 Å². The number of carbonyl (C=O) groups excluding carboxylic acids is 1. The van der Waals surface area contributed by atoms with Crippen molar-refractivity contribution in [2.24, 2.45) is 17.8 Å². The summed E-state index contributed by atoms with van der Waals surface area (Å²) in [6.07, 6.45) is 11.1. The molecule has 2 aliphatic carbocycles. The minimum absolute atomic E-state index is 0.0972. The largest absolute Gasteiger partial charge is 0.354 e. The van der Waals surface area contributed by atoms with Gasteiger partial charge in [0.15, 0.2) is 0 Å². The summed E-state index contributed by atoms with van der Waals surface area (Å²) in [7, 11) is 0. The van der Waals surface area contributed by atoms with Gasteiger partial charge in [0.05, 0.1) is 5.38 Å². The minimum Gasteiger partial charge on any atom is -0.354 e. The fraction of sp³-hybridized carbons (Fsp3) is 0.938. The van der Waals surface area contributed by atoms with E-state index in [-0.39, 0.29) is 17.2 Å². The average Bonchev–Trinajstić information content (AvgIpc) is 2.44. The molecule has 2 saturated carbocycles. The maximum atomic E-state index is 12.2. The first-order valence-corrected chi connectivity index (χ1v) is 8.56. The molecule has 4 atom stereocenters. The Balaban J connectivity index is 1.74. The average molecular weight is 286 g/mol. The number of nitrogens with one attached hydrogen (secondary N) is 1. The van der Waals surface area contributed by atoms with E-state index in [2.05, 4.69) is 12.2 Å². The van der Waals surface area contributed by atoms with Crippen LogP contribution in [0.4, 0.5) is 0 Å². The molecule has 0 aliphatic heterocycles. The van der Waals surface area contributed by atoms with Gasteiger partial charge in [-0.1, -0.05) is 39.0 Å². The molecule has 0 aromatic rings. The van der Waals surface area contributed by atoms with E-state index in [1.807, 2.05) is 0 Å². The summed E-state index contributed by atoms with van der Waals surface area (Å²) in [5.41, 5.74) is 0. The SMILES string of the molecule is CCCC(Cl)CNC(=O)C1CCC2CCCCC2C1. The number of halogens is 1. The normalized spacial score (nSPS) is 32.4. The Bertz CT molecular complexity index is 294. The number of carbonyl (C=O) groups is 1. The summed E-state index contributed by atoms with van der Waals surface area (Å²) >= 11 is 6.16. The topological polar surface area (TPSA) is 29.1 Å². The van der Waals surface area contributed by atoms with Gasteiger partial charge in [0.25, 0.3) is 0 Å². The molecule has 2 nitrogen and oxygen atoms in total. The third kappa shape index (κ3) is 4.37. The van der Waals surface area contributed by atoms with Crippen LogP contribution in [0, 0.1) is 17.8 Å². The summed E-state index contributed by atoms with van der Waals surface area (Å²) in [6, 6.07) is 0. The van der Waals surface area contributed by atoms with Crippen LogP contribution in [0.25, 0.3) is 0 Å². The van der Waals surface area contributed by atoms with Crippen molar-refractivity contribution in [2.75, 3.05) is 6.54 Å². The highest BCUT2D eigenvalue weighted by molar-refractivity contribution is 6.20. The summed E-state index contributed by atoms with van der Waals surface area (Å²) in [6.45, 7) is 2.76. The third-order valence-electron chi connectivity index (χ3n) is 5.01. The van der Waals surface area contributed by atoms with Crippen molar-refractivity contribution in [3.8, 4) is 0 Å². The standard InChI is InChI=1S/C16H28ClNO/c1-2-5-15(17)11-18-16(19)14-9-8-12-6-3-4-7-13(12)10-14/h12-15H,2-11H2,1H3,(H,18,19). The fourth-order valence-electron chi connectivity index (χ4n) is 3.88. The van der Waals surface area contributed by atoms with Crippen LogP contribution in [-0.2, 0) is 4.79 Å². The highest BCUT2D eigenvalue weighted by Gasteiger charge is 2.34. The molecule has 1 N–H and O–H groups in total. The first-order chi connectivity index (χ1) is 9.20. The predicted molar refractivity (Wildman–Crippen MR) is 80.3 cm³/mol. The molecular formula is C16H28ClNO. The van der Waals surface area contributed by atoms with Gasteiger partial charge in [-0.25, -0.2) is 0 Å². The first-order valence-electron chi connectivity index (χ1n) is 8.12. The Kier molecular flexibility index (Phi) is 6.00. The van der Waals surface area contributed by atoms with Gasteiger partial charge in [-0.2, -0.15) is 0 Å². The lowest BCUT2D eigenvalue weighted by molar-refractivity contribution is -0.127.